The second-order valence-corrected chi connectivity index (χ2v) is 5.20. The Kier molecular flexibility index (Phi) is 3.42. The Labute approximate surface area is 120 Å². The van der Waals surface area contributed by atoms with Gasteiger partial charge in [0.1, 0.15) is 0 Å². The average Bonchev–Trinajstić information content (AvgIpc) is 2.73. The van der Waals surface area contributed by atoms with E-state index in [1.165, 1.54) is 12.1 Å². The van der Waals surface area contributed by atoms with E-state index in [9.17, 15) is 19.7 Å². The highest BCUT2D eigenvalue weighted by atomic mass is 16.6. The van der Waals surface area contributed by atoms with Crippen LogP contribution in [0.15, 0.2) is 18.2 Å². The van der Waals surface area contributed by atoms with Crippen molar-refractivity contribution in [2.75, 3.05) is 13.2 Å². The SMILES string of the molecule is O=C1c2ccc([N+](=O)[O-])cc2C(=O)N1CC1CCCCO1. The molecule has 21 heavy (non-hydrogen) atoms. The van der Waals surface area contributed by atoms with E-state index in [0.717, 1.165) is 30.2 Å². The number of fused-ring (bicyclic) bond motifs is 1. The molecule has 2 amide bonds. The van der Waals surface area contributed by atoms with Gasteiger partial charge in [0.15, 0.2) is 0 Å². The van der Waals surface area contributed by atoms with E-state index in [1.807, 2.05) is 0 Å². The van der Waals surface area contributed by atoms with Crippen LogP contribution in [0.3, 0.4) is 0 Å². The minimum atomic E-state index is -0.578. The van der Waals surface area contributed by atoms with Crippen molar-refractivity contribution in [3.8, 4) is 0 Å². The van der Waals surface area contributed by atoms with Crippen molar-refractivity contribution >= 4 is 17.5 Å². The molecule has 0 saturated carbocycles. The molecule has 2 aliphatic heterocycles. The van der Waals surface area contributed by atoms with E-state index < -0.39 is 16.7 Å². The molecule has 1 aromatic carbocycles. The van der Waals surface area contributed by atoms with Crippen LogP contribution in [-0.4, -0.2) is 40.9 Å². The van der Waals surface area contributed by atoms with Crippen LogP contribution in [-0.2, 0) is 4.74 Å². The minimum Gasteiger partial charge on any atom is -0.376 e. The summed E-state index contributed by atoms with van der Waals surface area (Å²) < 4.78 is 5.54. The van der Waals surface area contributed by atoms with Gasteiger partial charge in [0.25, 0.3) is 17.5 Å². The molecule has 0 aromatic heterocycles. The molecule has 2 heterocycles. The number of non-ortho nitro benzene ring substituents is 1. The minimum absolute atomic E-state index is 0.102. The van der Waals surface area contributed by atoms with Crippen LogP contribution in [0.2, 0.25) is 0 Å². The summed E-state index contributed by atoms with van der Waals surface area (Å²) in [5.41, 5.74) is 0.136. The second-order valence-electron chi connectivity index (χ2n) is 5.20. The number of nitrogens with zero attached hydrogens (tertiary/aromatic N) is 2. The normalized spacial score (nSPS) is 21.5. The summed E-state index contributed by atoms with van der Waals surface area (Å²) in [7, 11) is 0. The van der Waals surface area contributed by atoms with Crippen LogP contribution >= 0.6 is 0 Å². The molecule has 1 atom stereocenters. The molecular formula is C14H14N2O5. The molecule has 1 unspecified atom stereocenters. The summed E-state index contributed by atoms with van der Waals surface area (Å²) in [5.74, 6) is -0.882. The summed E-state index contributed by atoms with van der Waals surface area (Å²) in [6, 6.07) is 3.75. The molecule has 7 nitrogen and oxygen atoms in total. The fourth-order valence-corrected chi connectivity index (χ4v) is 2.71. The standard InChI is InChI=1S/C14H14N2O5/c17-13-11-5-4-9(16(19)20)7-12(11)14(18)15(13)8-10-3-1-2-6-21-10/h4-5,7,10H,1-3,6,8H2. The Morgan fingerprint density at radius 1 is 1.24 bits per heavy atom. The Balaban J connectivity index is 1.84. The van der Waals surface area contributed by atoms with Crippen molar-refractivity contribution in [2.45, 2.75) is 25.4 Å². The maximum atomic E-state index is 12.3. The average molecular weight is 290 g/mol. The fourth-order valence-electron chi connectivity index (χ4n) is 2.71. The number of benzene rings is 1. The molecule has 1 saturated heterocycles. The number of carbonyl (C=O) groups excluding carboxylic acids is 2. The molecule has 0 aliphatic carbocycles. The van der Waals surface area contributed by atoms with Crippen molar-refractivity contribution in [2.24, 2.45) is 0 Å². The van der Waals surface area contributed by atoms with Crippen molar-refractivity contribution in [3.05, 3.63) is 39.4 Å². The molecule has 0 bridgehead atoms. The smallest absolute Gasteiger partial charge is 0.270 e. The van der Waals surface area contributed by atoms with Gasteiger partial charge in [-0.1, -0.05) is 0 Å². The second kappa shape index (κ2) is 5.25. The maximum absolute atomic E-state index is 12.3. The van der Waals surface area contributed by atoms with Crippen LogP contribution in [0.1, 0.15) is 40.0 Å². The number of rotatable bonds is 3. The van der Waals surface area contributed by atoms with Crippen molar-refractivity contribution in [1.82, 2.24) is 4.90 Å². The number of nitro benzene ring substituents is 1. The number of ether oxygens (including phenoxy) is 1. The third-order valence-electron chi connectivity index (χ3n) is 3.83. The molecule has 0 radical (unpaired) electrons. The molecule has 110 valence electrons. The summed E-state index contributed by atoms with van der Waals surface area (Å²) in [6.07, 6.45) is 2.67. The van der Waals surface area contributed by atoms with Gasteiger partial charge >= 0.3 is 0 Å². The lowest BCUT2D eigenvalue weighted by Gasteiger charge is -2.26. The predicted molar refractivity (Wildman–Crippen MR) is 72.1 cm³/mol. The lowest BCUT2D eigenvalue weighted by Crippen LogP contribution is -2.39. The number of nitro groups is 1. The zero-order valence-corrected chi connectivity index (χ0v) is 11.3. The Bertz CT molecular complexity index is 622. The van der Waals surface area contributed by atoms with Gasteiger partial charge in [-0.3, -0.25) is 24.6 Å². The third kappa shape index (κ3) is 2.40. The number of imide groups is 1. The molecule has 3 rings (SSSR count). The van der Waals surface area contributed by atoms with E-state index in [-0.39, 0.29) is 29.5 Å². The van der Waals surface area contributed by atoms with Gasteiger partial charge in [-0.05, 0) is 25.3 Å². The largest absolute Gasteiger partial charge is 0.376 e. The van der Waals surface area contributed by atoms with Gasteiger partial charge < -0.3 is 4.74 Å². The molecule has 0 N–H and O–H groups in total. The van der Waals surface area contributed by atoms with E-state index >= 15 is 0 Å². The number of amides is 2. The van der Waals surface area contributed by atoms with Gasteiger partial charge in [0.05, 0.1) is 28.7 Å². The first-order valence-corrected chi connectivity index (χ1v) is 6.84. The highest BCUT2D eigenvalue weighted by molar-refractivity contribution is 6.21. The van der Waals surface area contributed by atoms with Crippen LogP contribution in [0.4, 0.5) is 5.69 Å². The molecule has 1 fully saturated rings. The summed E-state index contributed by atoms with van der Waals surface area (Å²) in [5, 5.41) is 10.8. The quantitative estimate of drug-likeness (QED) is 0.480. The number of carbonyl (C=O) groups is 2. The molecule has 1 aromatic rings. The van der Waals surface area contributed by atoms with Gasteiger partial charge in [-0.25, -0.2) is 0 Å². The first-order chi connectivity index (χ1) is 10.1. The van der Waals surface area contributed by atoms with Gasteiger partial charge in [0, 0.05) is 18.7 Å². The lowest BCUT2D eigenvalue weighted by atomic mass is 10.1. The van der Waals surface area contributed by atoms with Gasteiger partial charge in [-0.15, -0.1) is 0 Å². The topological polar surface area (TPSA) is 89.8 Å². The summed E-state index contributed by atoms with van der Waals surface area (Å²) in [4.78, 5) is 35.8. The highest BCUT2D eigenvalue weighted by Gasteiger charge is 2.38. The lowest BCUT2D eigenvalue weighted by molar-refractivity contribution is -0.384. The molecular weight excluding hydrogens is 276 g/mol. The van der Waals surface area contributed by atoms with Crippen LogP contribution < -0.4 is 0 Å². The molecule has 7 heteroatoms. The Morgan fingerprint density at radius 3 is 2.67 bits per heavy atom. The Morgan fingerprint density at radius 2 is 2.00 bits per heavy atom. The summed E-state index contributed by atoms with van der Waals surface area (Å²) >= 11 is 0. The maximum Gasteiger partial charge on any atom is 0.270 e. The van der Waals surface area contributed by atoms with Gasteiger partial charge in [-0.2, -0.15) is 0 Å². The first kappa shape index (κ1) is 13.7. The molecule has 0 spiro atoms. The van der Waals surface area contributed by atoms with Crippen molar-refractivity contribution in [3.63, 3.8) is 0 Å². The number of hydrogen-bond acceptors (Lipinski definition) is 5. The third-order valence-corrected chi connectivity index (χ3v) is 3.83. The summed E-state index contributed by atoms with van der Waals surface area (Å²) in [6.45, 7) is 0.847. The van der Waals surface area contributed by atoms with E-state index in [4.69, 9.17) is 4.74 Å². The zero-order chi connectivity index (χ0) is 15.0. The van der Waals surface area contributed by atoms with Crippen LogP contribution in [0.25, 0.3) is 0 Å². The zero-order valence-electron chi connectivity index (χ0n) is 11.3. The molecule has 2 aliphatic rings. The van der Waals surface area contributed by atoms with E-state index in [2.05, 4.69) is 0 Å². The Hall–Kier alpha value is -2.28. The predicted octanol–water partition coefficient (Wildman–Crippen LogP) is 1.76. The van der Waals surface area contributed by atoms with Gasteiger partial charge in [0.2, 0.25) is 0 Å². The van der Waals surface area contributed by atoms with Crippen molar-refractivity contribution < 1.29 is 19.2 Å². The highest BCUT2D eigenvalue weighted by Crippen LogP contribution is 2.28. The van der Waals surface area contributed by atoms with Crippen molar-refractivity contribution in [1.29, 1.82) is 0 Å². The van der Waals surface area contributed by atoms with E-state index in [0.29, 0.717) is 6.61 Å². The van der Waals surface area contributed by atoms with Crippen LogP contribution in [0.5, 0.6) is 0 Å². The number of hydrogen-bond donors (Lipinski definition) is 0. The van der Waals surface area contributed by atoms with E-state index in [1.54, 1.807) is 0 Å². The fraction of sp³-hybridized carbons (Fsp3) is 0.429. The monoisotopic (exact) mass is 290 g/mol. The first-order valence-electron chi connectivity index (χ1n) is 6.84. The van der Waals surface area contributed by atoms with Crippen LogP contribution in [0, 0.1) is 10.1 Å².